The maximum Gasteiger partial charge on any atom is 0.251 e. The van der Waals surface area contributed by atoms with Crippen LogP contribution in [0.2, 0.25) is 0 Å². The van der Waals surface area contributed by atoms with Gasteiger partial charge in [-0.1, -0.05) is 12.1 Å². The van der Waals surface area contributed by atoms with Crippen LogP contribution < -0.4 is 20.3 Å². The molecule has 170 valence electrons. The number of methoxy groups -OCH3 is 1. The summed E-state index contributed by atoms with van der Waals surface area (Å²) < 4.78 is 5.22. The van der Waals surface area contributed by atoms with Gasteiger partial charge in [0.2, 0.25) is 5.91 Å². The number of piperazine rings is 1. The normalized spacial score (nSPS) is 14.4. The van der Waals surface area contributed by atoms with E-state index in [9.17, 15) is 9.59 Å². The zero-order valence-corrected chi connectivity index (χ0v) is 18.8. The molecule has 0 saturated carbocycles. The molecule has 0 radical (unpaired) electrons. The summed E-state index contributed by atoms with van der Waals surface area (Å²) in [5.74, 6) is 0.647. The van der Waals surface area contributed by atoms with Crippen molar-refractivity contribution in [2.24, 2.45) is 0 Å². The highest BCUT2D eigenvalue weighted by molar-refractivity contribution is 5.94. The van der Waals surface area contributed by atoms with E-state index in [2.05, 4.69) is 32.6 Å². The van der Waals surface area contributed by atoms with Gasteiger partial charge in [-0.2, -0.15) is 0 Å². The monoisotopic (exact) mass is 436 g/mol. The van der Waals surface area contributed by atoms with Crippen LogP contribution in [0, 0.1) is 0 Å². The Hall–Kier alpha value is -3.32. The van der Waals surface area contributed by atoms with Crippen LogP contribution in [0.3, 0.4) is 0 Å². The van der Waals surface area contributed by atoms with Crippen LogP contribution in [0.5, 0.6) is 5.75 Å². The van der Waals surface area contributed by atoms with Crippen molar-refractivity contribution < 1.29 is 14.3 Å². The zero-order valence-electron chi connectivity index (χ0n) is 18.8. The molecule has 0 atom stereocenters. The lowest BCUT2D eigenvalue weighted by molar-refractivity contribution is -0.116. The molecule has 7 heteroatoms. The summed E-state index contributed by atoms with van der Waals surface area (Å²) in [6.45, 7) is 5.66. The Balaban J connectivity index is 1.32. The van der Waals surface area contributed by atoms with Crippen LogP contribution in [-0.4, -0.2) is 70.1 Å². The first kappa shape index (κ1) is 23.3. The van der Waals surface area contributed by atoms with E-state index < -0.39 is 0 Å². The van der Waals surface area contributed by atoms with Crippen LogP contribution in [0.4, 0.5) is 5.69 Å². The van der Waals surface area contributed by atoms with Crippen molar-refractivity contribution in [1.29, 1.82) is 0 Å². The van der Waals surface area contributed by atoms with Gasteiger partial charge in [0.25, 0.3) is 5.91 Å². The van der Waals surface area contributed by atoms with Crippen LogP contribution in [0.15, 0.2) is 54.6 Å². The number of rotatable bonds is 9. The minimum absolute atomic E-state index is 0.107. The third kappa shape index (κ3) is 6.85. The van der Waals surface area contributed by atoms with Gasteiger partial charge in [-0.3, -0.25) is 14.5 Å². The van der Waals surface area contributed by atoms with Gasteiger partial charge in [0.1, 0.15) is 5.75 Å². The molecule has 1 fully saturated rings. The number of hydrogen-bond donors (Lipinski definition) is 2. The van der Waals surface area contributed by atoms with E-state index in [4.69, 9.17) is 4.74 Å². The number of carbonyl (C=O) groups is 2. The van der Waals surface area contributed by atoms with Crippen molar-refractivity contribution in [3.8, 4) is 5.75 Å². The SMILES string of the molecule is CNC(=O)c1ccc(/C=C/C(=O)NCCCN2CCN(c3ccc(OC)cc3)CC2)cc1. The van der Waals surface area contributed by atoms with Crippen LogP contribution in [0.25, 0.3) is 6.08 Å². The quantitative estimate of drug-likeness (QED) is 0.467. The van der Waals surface area contributed by atoms with Gasteiger partial charge in [-0.15, -0.1) is 0 Å². The summed E-state index contributed by atoms with van der Waals surface area (Å²) in [6, 6.07) is 15.3. The van der Waals surface area contributed by atoms with Gasteiger partial charge in [0, 0.05) is 57.1 Å². The van der Waals surface area contributed by atoms with Crippen molar-refractivity contribution in [3.05, 3.63) is 65.7 Å². The summed E-state index contributed by atoms with van der Waals surface area (Å²) in [4.78, 5) is 28.4. The molecule has 32 heavy (non-hydrogen) atoms. The van der Waals surface area contributed by atoms with Gasteiger partial charge < -0.3 is 20.3 Å². The van der Waals surface area contributed by atoms with E-state index in [1.807, 2.05) is 24.3 Å². The number of anilines is 1. The minimum Gasteiger partial charge on any atom is -0.497 e. The number of nitrogens with zero attached hydrogens (tertiary/aromatic N) is 2. The standard InChI is InChI=1S/C25H32N4O3/c1-26-25(31)21-7-4-20(5-8-21)6-13-24(30)27-14-3-15-28-16-18-29(19-17-28)22-9-11-23(32-2)12-10-22/h4-13H,3,14-19H2,1-2H3,(H,26,31)(H,27,30)/b13-6+. The molecule has 7 nitrogen and oxygen atoms in total. The molecule has 3 rings (SSSR count). The number of carbonyl (C=O) groups excluding carboxylic acids is 2. The van der Waals surface area contributed by atoms with Gasteiger partial charge in [-0.05, 0) is 61.0 Å². The van der Waals surface area contributed by atoms with E-state index in [0.717, 1.165) is 50.5 Å². The zero-order chi connectivity index (χ0) is 22.8. The lowest BCUT2D eigenvalue weighted by Crippen LogP contribution is -2.47. The summed E-state index contributed by atoms with van der Waals surface area (Å²) in [5.41, 5.74) is 2.70. The molecular formula is C25H32N4O3. The number of ether oxygens (including phenoxy) is 1. The summed E-state index contributed by atoms with van der Waals surface area (Å²) in [5, 5.41) is 5.52. The maximum atomic E-state index is 12.0. The summed E-state index contributed by atoms with van der Waals surface area (Å²) >= 11 is 0. The average molecular weight is 437 g/mol. The van der Waals surface area contributed by atoms with Crippen molar-refractivity contribution in [1.82, 2.24) is 15.5 Å². The third-order valence-corrected chi connectivity index (χ3v) is 5.59. The molecule has 2 aromatic carbocycles. The predicted molar refractivity (Wildman–Crippen MR) is 128 cm³/mol. The fourth-order valence-corrected chi connectivity index (χ4v) is 3.66. The predicted octanol–water partition coefficient (Wildman–Crippen LogP) is 2.40. The number of amides is 2. The fraction of sp³-hybridized carbons (Fsp3) is 0.360. The topological polar surface area (TPSA) is 73.9 Å². The fourth-order valence-electron chi connectivity index (χ4n) is 3.66. The average Bonchev–Trinajstić information content (AvgIpc) is 2.85. The summed E-state index contributed by atoms with van der Waals surface area (Å²) in [6.07, 6.45) is 4.20. The second-order valence-electron chi connectivity index (χ2n) is 7.71. The largest absolute Gasteiger partial charge is 0.497 e. The van der Waals surface area contributed by atoms with Crippen molar-refractivity contribution in [2.75, 3.05) is 58.3 Å². The molecule has 0 unspecified atom stereocenters. The molecule has 1 aliphatic heterocycles. The Kier molecular flexibility index (Phi) is 8.69. The number of nitrogens with one attached hydrogen (secondary N) is 2. The highest BCUT2D eigenvalue weighted by atomic mass is 16.5. The Morgan fingerprint density at radius 3 is 2.31 bits per heavy atom. The maximum absolute atomic E-state index is 12.0. The minimum atomic E-state index is -0.125. The Morgan fingerprint density at radius 1 is 1.00 bits per heavy atom. The highest BCUT2D eigenvalue weighted by Crippen LogP contribution is 2.20. The molecular weight excluding hydrogens is 404 g/mol. The van der Waals surface area contributed by atoms with E-state index in [-0.39, 0.29) is 11.8 Å². The molecule has 2 N–H and O–H groups in total. The first-order valence-electron chi connectivity index (χ1n) is 11.0. The second kappa shape index (κ2) is 11.9. The van der Waals surface area contributed by atoms with E-state index in [1.54, 1.807) is 32.4 Å². The molecule has 0 aliphatic carbocycles. The highest BCUT2D eigenvalue weighted by Gasteiger charge is 2.16. The molecule has 1 heterocycles. The van der Waals surface area contributed by atoms with Crippen LogP contribution in [-0.2, 0) is 4.79 Å². The smallest absolute Gasteiger partial charge is 0.251 e. The molecule has 2 aromatic rings. The van der Waals surface area contributed by atoms with Crippen LogP contribution >= 0.6 is 0 Å². The molecule has 0 spiro atoms. The van der Waals surface area contributed by atoms with Gasteiger partial charge in [-0.25, -0.2) is 0 Å². The van der Waals surface area contributed by atoms with E-state index >= 15 is 0 Å². The van der Waals surface area contributed by atoms with Gasteiger partial charge >= 0.3 is 0 Å². The first-order chi connectivity index (χ1) is 15.6. The van der Waals surface area contributed by atoms with Crippen LogP contribution in [0.1, 0.15) is 22.3 Å². The number of hydrogen-bond acceptors (Lipinski definition) is 5. The molecule has 0 bridgehead atoms. The van der Waals surface area contributed by atoms with Crippen molar-refractivity contribution in [3.63, 3.8) is 0 Å². The lowest BCUT2D eigenvalue weighted by atomic mass is 10.1. The Morgan fingerprint density at radius 2 is 1.69 bits per heavy atom. The molecule has 1 aliphatic rings. The molecule has 0 aromatic heterocycles. The van der Waals surface area contributed by atoms with Crippen molar-refractivity contribution in [2.45, 2.75) is 6.42 Å². The number of benzene rings is 2. The summed E-state index contributed by atoms with van der Waals surface area (Å²) in [7, 11) is 3.28. The Labute approximate surface area is 190 Å². The van der Waals surface area contributed by atoms with Gasteiger partial charge in [0.15, 0.2) is 0 Å². The molecule has 2 amide bonds. The second-order valence-corrected chi connectivity index (χ2v) is 7.71. The van der Waals surface area contributed by atoms with E-state index in [0.29, 0.717) is 12.1 Å². The molecule has 1 saturated heterocycles. The first-order valence-corrected chi connectivity index (χ1v) is 11.0. The Bertz CT molecular complexity index is 902. The lowest BCUT2D eigenvalue weighted by Gasteiger charge is -2.36. The van der Waals surface area contributed by atoms with E-state index in [1.165, 1.54) is 11.8 Å². The van der Waals surface area contributed by atoms with Gasteiger partial charge in [0.05, 0.1) is 7.11 Å². The third-order valence-electron chi connectivity index (χ3n) is 5.59. The van der Waals surface area contributed by atoms with Crippen molar-refractivity contribution >= 4 is 23.6 Å².